The van der Waals surface area contributed by atoms with Crippen molar-refractivity contribution in [2.45, 2.75) is 6.04 Å². The van der Waals surface area contributed by atoms with Crippen molar-refractivity contribution >= 4 is 5.91 Å². The number of pyridine rings is 1. The van der Waals surface area contributed by atoms with Crippen molar-refractivity contribution in [1.29, 1.82) is 0 Å². The Labute approximate surface area is 152 Å². The summed E-state index contributed by atoms with van der Waals surface area (Å²) < 4.78 is 10.8. The van der Waals surface area contributed by atoms with Crippen LogP contribution in [0.25, 0.3) is 0 Å². The van der Waals surface area contributed by atoms with Crippen molar-refractivity contribution in [3.05, 3.63) is 90.3 Å². The summed E-state index contributed by atoms with van der Waals surface area (Å²) in [6, 6.07) is 20.3. The first-order valence-electron chi connectivity index (χ1n) is 8.27. The summed E-state index contributed by atoms with van der Waals surface area (Å²) in [6.07, 6.45) is 3.44. The molecule has 0 bridgehead atoms. The number of amides is 1. The van der Waals surface area contributed by atoms with E-state index in [1.54, 1.807) is 19.5 Å². The Morgan fingerprint density at radius 1 is 1.00 bits per heavy atom. The predicted molar refractivity (Wildman–Crippen MR) is 99.2 cm³/mol. The molecule has 1 N–H and O–H groups in total. The van der Waals surface area contributed by atoms with E-state index in [9.17, 15) is 4.79 Å². The number of carbonyl (C=O) groups excluding carboxylic acids is 1. The molecule has 132 valence electrons. The normalized spacial score (nSPS) is 11.4. The van der Waals surface area contributed by atoms with Crippen LogP contribution in [0.5, 0.6) is 11.5 Å². The molecule has 3 aromatic rings. The first-order valence-corrected chi connectivity index (χ1v) is 8.27. The van der Waals surface area contributed by atoms with Crippen LogP contribution < -0.4 is 14.8 Å². The molecule has 0 aliphatic heterocycles. The van der Waals surface area contributed by atoms with Crippen LogP contribution in [0, 0.1) is 0 Å². The van der Waals surface area contributed by atoms with Crippen molar-refractivity contribution in [3.8, 4) is 11.5 Å². The zero-order chi connectivity index (χ0) is 18.2. The fourth-order valence-corrected chi connectivity index (χ4v) is 2.60. The first kappa shape index (κ1) is 17.5. The van der Waals surface area contributed by atoms with Gasteiger partial charge in [0.2, 0.25) is 0 Å². The van der Waals surface area contributed by atoms with Gasteiger partial charge in [0, 0.05) is 12.4 Å². The summed E-state index contributed by atoms with van der Waals surface area (Å²) in [4.78, 5) is 16.6. The highest BCUT2D eigenvalue weighted by Crippen LogP contribution is 2.24. The number of aromatic nitrogens is 1. The highest BCUT2D eigenvalue weighted by atomic mass is 16.5. The molecule has 5 nitrogen and oxygen atoms in total. The maximum atomic E-state index is 12.4. The summed E-state index contributed by atoms with van der Waals surface area (Å²) in [5.41, 5.74) is 1.79. The Bertz CT molecular complexity index is 838. The van der Waals surface area contributed by atoms with Crippen LogP contribution >= 0.6 is 0 Å². The average molecular weight is 348 g/mol. The SMILES string of the molecule is COc1cccc([C@H](NC(=O)COc2ccccc2)c2cccnc2)c1. The Morgan fingerprint density at radius 2 is 1.77 bits per heavy atom. The van der Waals surface area contributed by atoms with Gasteiger partial charge in [-0.05, 0) is 41.5 Å². The van der Waals surface area contributed by atoms with Gasteiger partial charge in [0.05, 0.1) is 13.2 Å². The second-order valence-electron chi connectivity index (χ2n) is 5.67. The quantitative estimate of drug-likeness (QED) is 0.711. The van der Waals surface area contributed by atoms with Crippen molar-refractivity contribution in [1.82, 2.24) is 10.3 Å². The lowest BCUT2D eigenvalue weighted by molar-refractivity contribution is -0.123. The predicted octanol–water partition coefficient (Wildman–Crippen LogP) is 3.37. The van der Waals surface area contributed by atoms with E-state index in [0.717, 1.165) is 16.9 Å². The molecule has 0 aliphatic carbocycles. The molecule has 1 amide bonds. The van der Waals surface area contributed by atoms with Gasteiger partial charge in [0.1, 0.15) is 11.5 Å². The minimum absolute atomic E-state index is 0.0647. The van der Waals surface area contributed by atoms with E-state index < -0.39 is 0 Å². The van der Waals surface area contributed by atoms with Gasteiger partial charge in [0.25, 0.3) is 5.91 Å². The van der Waals surface area contributed by atoms with Gasteiger partial charge in [-0.2, -0.15) is 0 Å². The molecule has 0 saturated carbocycles. The van der Waals surface area contributed by atoms with E-state index in [2.05, 4.69) is 10.3 Å². The molecule has 26 heavy (non-hydrogen) atoms. The van der Waals surface area contributed by atoms with Crippen LogP contribution in [0.2, 0.25) is 0 Å². The van der Waals surface area contributed by atoms with Crippen LogP contribution in [0.4, 0.5) is 0 Å². The van der Waals surface area contributed by atoms with Crippen molar-refractivity contribution in [2.75, 3.05) is 13.7 Å². The van der Waals surface area contributed by atoms with E-state index >= 15 is 0 Å². The molecule has 0 saturated heterocycles. The molecule has 0 spiro atoms. The van der Waals surface area contributed by atoms with Gasteiger partial charge in [0.15, 0.2) is 6.61 Å². The molecule has 1 atom stereocenters. The fraction of sp³-hybridized carbons (Fsp3) is 0.143. The van der Waals surface area contributed by atoms with Crippen molar-refractivity contribution in [2.24, 2.45) is 0 Å². The van der Waals surface area contributed by atoms with Crippen molar-refractivity contribution < 1.29 is 14.3 Å². The number of para-hydroxylation sites is 1. The van der Waals surface area contributed by atoms with Crippen molar-refractivity contribution in [3.63, 3.8) is 0 Å². The van der Waals surface area contributed by atoms with Gasteiger partial charge in [-0.15, -0.1) is 0 Å². The molecular weight excluding hydrogens is 328 g/mol. The van der Waals surface area contributed by atoms with Crippen LogP contribution in [0.3, 0.4) is 0 Å². The summed E-state index contributed by atoms with van der Waals surface area (Å²) >= 11 is 0. The van der Waals surface area contributed by atoms with Gasteiger partial charge in [-0.3, -0.25) is 9.78 Å². The molecule has 1 aromatic heterocycles. The lowest BCUT2D eigenvalue weighted by Gasteiger charge is -2.20. The minimum atomic E-state index is -0.342. The van der Waals surface area contributed by atoms with E-state index in [1.807, 2.05) is 66.7 Å². The molecule has 0 aliphatic rings. The van der Waals surface area contributed by atoms with E-state index in [4.69, 9.17) is 9.47 Å². The number of nitrogens with zero attached hydrogens (tertiary/aromatic N) is 1. The van der Waals surface area contributed by atoms with E-state index in [1.165, 1.54) is 0 Å². The summed E-state index contributed by atoms with van der Waals surface area (Å²) in [6.45, 7) is -0.0647. The van der Waals surface area contributed by atoms with E-state index in [-0.39, 0.29) is 18.6 Å². The first-order chi connectivity index (χ1) is 12.8. The largest absolute Gasteiger partial charge is 0.497 e. The van der Waals surface area contributed by atoms with Crippen LogP contribution in [-0.2, 0) is 4.79 Å². The Kier molecular flexibility index (Phi) is 5.83. The Balaban J connectivity index is 1.76. The molecule has 0 unspecified atom stereocenters. The summed E-state index contributed by atoms with van der Waals surface area (Å²) in [7, 11) is 1.62. The maximum Gasteiger partial charge on any atom is 0.258 e. The van der Waals surface area contributed by atoms with Gasteiger partial charge in [-0.1, -0.05) is 36.4 Å². The smallest absolute Gasteiger partial charge is 0.258 e. The maximum absolute atomic E-state index is 12.4. The number of methoxy groups -OCH3 is 1. The highest BCUT2D eigenvalue weighted by molar-refractivity contribution is 5.78. The lowest BCUT2D eigenvalue weighted by Crippen LogP contribution is -2.33. The zero-order valence-corrected chi connectivity index (χ0v) is 14.5. The highest BCUT2D eigenvalue weighted by Gasteiger charge is 2.18. The van der Waals surface area contributed by atoms with Crippen LogP contribution in [0.15, 0.2) is 79.1 Å². The minimum Gasteiger partial charge on any atom is -0.497 e. The standard InChI is InChI=1S/C21H20N2O3/c1-25-19-11-5-7-16(13-19)21(17-8-6-12-22-14-17)23-20(24)15-26-18-9-3-2-4-10-18/h2-14,21H,15H2,1H3,(H,23,24)/t21-/m0/s1. The number of ether oxygens (including phenoxy) is 2. The fourth-order valence-electron chi connectivity index (χ4n) is 2.60. The number of hydrogen-bond donors (Lipinski definition) is 1. The molecule has 2 aromatic carbocycles. The molecule has 5 heteroatoms. The van der Waals surface area contributed by atoms with E-state index in [0.29, 0.717) is 5.75 Å². The molecular formula is C21H20N2O3. The average Bonchev–Trinajstić information content (AvgIpc) is 2.72. The van der Waals surface area contributed by atoms with Gasteiger partial charge < -0.3 is 14.8 Å². The summed E-state index contributed by atoms with van der Waals surface area (Å²) in [5, 5.41) is 3.01. The van der Waals surface area contributed by atoms with Gasteiger partial charge in [-0.25, -0.2) is 0 Å². The summed E-state index contributed by atoms with van der Waals surface area (Å²) in [5.74, 6) is 1.17. The van der Waals surface area contributed by atoms with Crippen LogP contribution in [-0.4, -0.2) is 24.6 Å². The molecule has 0 radical (unpaired) electrons. The Hall–Kier alpha value is -3.34. The third kappa shape index (κ3) is 4.60. The topological polar surface area (TPSA) is 60.5 Å². The lowest BCUT2D eigenvalue weighted by atomic mass is 10.00. The number of hydrogen-bond acceptors (Lipinski definition) is 4. The third-order valence-electron chi connectivity index (χ3n) is 3.86. The third-order valence-corrected chi connectivity index (χ3v) is 3.86. The number of carbonyl (C=O) groups is 1. The molecule has 3 rings (SSSR count). The van der Waals surface area contributed by atoms with Crippen LogP contribution in [0.1, 0.15) is 17.2 Å². The molecule has 1 heterocycles. The van der Waals surface area contributed by atoms with Gasteiger partial charge >= 0.3 is 0 Å². The monoisotopic (exact) mass is 348 g/mol. The number of rotatable bonds is 7. The Morgan fingerprint density at radius 3 is 2.50 bits per heavy atom. The zero-order valence-electron chi connectivity index (χ0n) is 14.5. The number of benzene rings is 2. The molecule has 0 fully saturated rings. The second-order valence-corrected chi connectivity index (χ2v) is 5.67. The second kappa shape index (κ2) is 8.67. The number of nitrogens with one attached hydrogen (secondary N) is 1.